The Bertz CT molecular complexity index is 709. The average Bonchev–Trinajstić information content (AvgIpc) is 3.15. The van der Waals surface area contributed by atoms with Crippen molar-refractivity contribution in [1.29, 1.82) is 0 Å². The van der Waals surface area contributed by atoms with Crippen molar-refractivity contribution in [3.8, 4) is 11.4 Å². The van der Waals surface area contributed by atoms with E-state index in [2.05, 4.69) is 10.1 Å². The number of halogens is 1. The minimum atomic E-state index is -0.300. The van der Waals surface area contributed by atoms with Gasteiger partial charge in [0.15, 0.2) is 0 Å². The molecule has 1 saturated heterocycles. The van der Waals surface area contributed by atoms with Gasteiger partial charge in [0.2, 0.25) is 17.6 Å². The van der Waals surface area contributed by atoms with E-state index in [9.17, 15) is 9.18 Å². The summed E-state index contributed by atoms with van der Waals surface area (Å²) in [6.07, 6.45) is 4.94. The zero-order valence-electron chi connectivity index (χ0n) is 12.7. The van der Waals surface area contributed by atoms with Crippen LogP contribution in [0.3, 0.4) is 0 Å². The molecule has 2 aromatic rings. The number of amides is 1. The first kappa shape index (κ1) is 14.4. The topological polar surface area (TPSA) is 59.2 Å². The second-order valence-electron chi connectivity index (χ2n) is 6.28. The van der Waals surface area contributed by atoms with Gasteiger partial charge >= 0.3 is 0 Å². The molecule has 0 spiro atoms. The van der Waals surface area contributed by atoms with Gasteiger partial charge in [-0.1, -0.05) is 11.6 Å². The lowest BCUT2D eigenvalue weighted by molar-refractivity contribution is -0.139. The molecule has 1 saturated carbocycles. The number of aromatic nitrogens is 2. The van der Waals surface area contributed by atoms with E-state index in [1.165, 1.54) is 12.1 Å². The van der Waals surface area contributed by atoms with Gasteiger partial charge in [0.1, 0.15) is 11.9 Å². The lowest BCUT2D eigenvalue weighted by Crippen LogP contribution is -2.38. The summed E-state index contributed by atoms with van der Waals surface area (Å²) in [6, 6.07) is 5.86. The standard InChI is InChI=1S/C17H18FN3O2/c18-13-8-6-11(7-9-13)15-19-16(23-20-15)14-5-2-10-21(14)17(22)12-3-1-4-12/h6-9,12,14H,1-5,10H2. The Labute approximate surface area is 133 Å². The van der Waals surface area contributed by atoms with E-state index in [1.54, 1.807) is 12.1 Å². The summed E-state index contributed by atoms with van der Waals surface area (Å²) in [4.78, 5) is 18.8. The van der Waals surface area contributed by atoms with Crippen molar-refractivity contribution in [3.63, 3.8) is 0 Å². The number of nitrogens with zero attached hydrogens (tertiary/aromatic N) is 3. The summed E-state index contributed by atoms with van der Waals surface area (Å²) in [7, 11) is 0. The summed E-state index contributed by atoms with van der Waals surface area (Å²) in [5.41, 5.74) is 0.705. The van der Waals surface area contributed by atoms with E-state index in [-0.39, 0.29) is 23.7 Å². The van der Waals surface area contributed by atoms with Crippen LogP contribution in [0.1, 0.15) is 44.0 Å². The second-order valence-corrected chi connectivity index (χ2v) is 6.28. The first-order chi connectivity index (χ1) is 11.2. The normalized spacial score (nSPS) is 21.4. The van der Waals surface area contributed by atoms with Crippen LogP contribution in [0.25, 0.3) is 11.4 Å². The van der Waals surface area contributed by atoms with E-state index in [0.717, 1.165) is 38.6 Å². The van der Waals surface area contributed by atoms with Crippen LogP contribution in [-0.2, 0) is 4.79 Å². The Balaban J connectivity index is 1.55. The molecule has 23 heavy (non-hydrogen) atoms. The molecule has 0 bridgehead atoms. The lowest BCUT2D eigenvalue weighted by Gasteiger charge is -2.31. The number of carbonyl (C=O) groups excluding carboxylic acids is 1. The molecular weight excluding hydrogens is 297 g/mol. The Morgan fingerprint density at radius 2 is 1.96 bits per heavy atom. The number of rotatable bonds is 3. The van der Waals surface area contributed by atoms with Gasteiger partial charge in [0, 0.05) is 18.0 Å². The number of hydrogen-bond acceptors (Lipinski definition) is 4. The molecule has 0 radical (unpaired) electrons. The molecule has 1 aliphatic carbocycles. The van der Waals surface area contributed by atoms with Crippen molar-refractivity contribution in [3.05, 3.63) is 36.0 Å². The van der Waals surface area contributed by atoms with E-state index in [0.29, 0.717) is 17.3 Å². The Morgan fingerprint density at radius 1 is 1.17 bits per heavy atom. The highest BCUT2D eigenvalue weighted by Crippen LogP contribution is 2.37. The van der Waals surface area contributed by atoms with Crippen LogP contribution < -0.4 is 0 Å². The van der Waals surface area contributed by atoms with Crippen molar-refractivity contribution in [2.24, 2.45) is 5.92 Å². The van der Waals surface area contributed by atoms with Crippen LogP contribution in [0.2, 0.25) is 0 Å². The lowest BCUT2D eigenvalue weighted by atomic mass is 9.84. The van der Waals surface area contributed by atoms with Crippen LogP contribution in [-0.4, -0.2) is 27.5 Å². The Kier molecular flexibility index (Phi) is 3.59. The summed E-state index contributed by atoms with van der Waals surface area (Å²) in [5, 5.41) is 3.99. The van der Waals surface area contributed by atoms with Gasteiger partial charge < -0.3 is 9.42 Å². The number of benzene rings is 1. The summed E-state index contributed by atoms with van der Waals surface area (Å²) < 4.78 is 18.4. The average molecular weight is 315 g/mol. The Hall–Kier alpha value is -2.24. The molecule has 1 aromatic carbocycles. The SMILES string of the molecule is O=C(C1CCC1)N1CCCC1c1nc(-c2ccc(F)cc2)no1. The molecular formula is C17H18FN3O2. The molecule has 6 heteroatoms. The summed E-state index contributed by atoms with van der Waals surface area (Å²) in [5.74, 6) is 1.01. The monoisotopic (exact) mass is 315 g/mol. The molecule has 1 unspecified atom stereocenters. The molecule has 1 aliphatic heterocycles. The van der Waals surface area contributed by atoms with Gasteiger partial charge in [-0.05, 0) is 49.9 Å². The van der Waals surface area contributed by atoms with Crippen molar-refractivity contribution in [1.82, 2.24) is 15.0 Å². The highest BCUT2D eigenvalue weighted by atomic mass is 19.1. The maximum atomic E-state index is 13.0. The van der Waals surface area contributed by atoms with Gasteiger partial charge in [-0.2, -0.15) is 4.98 Å². The second kappa shape index (κ2) is 5.76. The van der Waals surface area contributed by atoms with E-state index in [1.807, 2.05) is 4.90 Å². The third-order valence-electron chi connectivity index (χ3n) is 4.82. The van der Waals surface area contributed by atoms with Crippen molar-refractivity contribution in [2.45, 2.75) is 38.1 Å². The molecule has 1 aromatic heterocycles. The molecule has 2 aliphatic rings. The molecule has 1 atom stereocenters. The first-order valence-corrected chi connectivity index (χ1v) is 8.12. The van der Waals surface area contributed by atoms with Gasteiger partial charge in [0.05, 0.1) is 0 Å². The van der Waals surface area contributed by atoms with E-state index >= 15 is 0 Å². The fourth-order valence-electron chi connectivity index (χ4n) is 3.26. The number of hydrogen-bond donors (Lipinski definition) is 0. The van der Waals surface area contributed by atoms with Crippen molar-refractivity contribution >= 4 is 5.91 Å². The van der Waals surface area contributed by atoms with Crippen LogP contribution in [0.4, 0.5) is 4.39 Å². The molecule has 1 amide bonds. The van der Waals surface area contributed by atoms with Crippen LogP contribution >= 0.6 is 0 Å². The van der Waals surface area contributed by atoms with E-state index < -0.39 is 0 Å². The first-order valence-electron chi connectivity index (χ1n) is 8.12. The fourth-order valence-corrected chi connectivity index (χ4v) is 3.26. The smallest absolute Gasteiger partial charge is 0.249 e. The predicted molar refractivity (Wildman–Crippen MR) is 80.7 cm³/mol. The quantitative estimate of drug-likeness (QED) is 0.871. The largest absolute Gasteiger partial charge is 0.337 e. The molecule has 120 valence electrons. The van der Waals surface area contributed by atoms with Crippen molar-refractivity contribution < 1.29 is 13.7 Å². The van der Waals surface area contributed by atoms with Gasteiger partial charge in [0.25, 0.3) is 0 Å². The molecule has 4 rings (SSSR count). The molecule has 5 nitrogen and oxygen atoms in total. The molecule has 2 fully saturated rings. The third-order valence-corrected chi connectivity index (χ3v) is 4.82. The van der Waals surface area contributed by atoms with Gasteiger partial charge in [-0.25, -0.2) is 4.39 Å². The number of carbonyl (C=O) groups is 1. The van der Waals surface area contributed by atoms with Crippen LogP contribution in [0.5, 0.6) is 0 Å². The van der Waals surface area contributed by atoms with Gasteiger partial charge in [-0.3, -0.25) is 4.79 Å². The number of likely N-dealkylation sites (tertiary alicyclic amines) is 1. The Morgan fingerprint density at radius 3 is 2.65 bits per heavy atom. The minimum Gasteiger partial charge on any atom is -0.337 e. The zero-order chi connectivity index (χ0) is 15.8. The highest BCUT2D eigenvalue weighted by Gasteiger charge is 2.38. The minimum absolute atomic E-state index is 0.121. The predicted octanol–water partition coefficient (Wildman–Crippen LogP) is 3.34. The zero-order valence-corrected chi connectivity index (χ0v) is 12.7. The van der Waals surface area contributed by atoms with Gasteiger partial charge in [-0.15, -0.1) is 0 Å². The maximum Gasteiger partial charge on any atom is 0.249 e. The molecule has 2 heterocycles. The van der Waals surface area contributed by atoms with E-state index in [4.69, 9.17) is 4.52 Å². The van der Waals surface area contributed by atoms with Crippen LogP contribution in [0.15, 0.2) is 28.8 Å². The fraction of sp³-hybridized carbons (Fsp3) is 0.471. The highest BCUT2D eigenvalue weighted by molar-refractivity contribution is 5.80. The summed E-state index contributed by atoms with van der Waals surface area (Å²) >= 11 is 0. The van der Waals surface area contributed by atoms with Crippen molar-refractivity contribution in [2.75, 3.05) is 6.54 Å². The molecule has 0 N–H and O–H groups in total. The van der Waals surface area contributed by atoms with Crippen LogP contribution in [0, 0.1) is 11.7 Å². The third kappa shape index (κ3) is 2.62. The maximum absolute atomic E-state index is 13.0. The summed E-state index contributed by atoms with van der Waals surface area (Å²) in [6.45, 7) is 0.758.